The molecule has 0 heterocycles. The quantitative estimate of drug-likeness (QED) is 0.349. The highest BCUT2D eigenvalue weighted by molar-refractivity contribution is 6.30. The summed E-state index contributed by atoms with van der Waals surface area (Å²) in [6.07, 6.45) is 0.0387. The molecular formula is C25H21ClN2O2. The van der Waals surface area contributed by atoms with Crippen molar-refractivity contribution >= 4 is 23.4 Å². The normalized spacial score (nSPS) is 11.8. The predicted octanol–water partition coefficient (Wildman–Crippen LogP) is 5.20. The first kappa shape index (κ1) is 19.9. The summed E-state index contributed by atoms with van der Waals surface area (Å²) in [7, 11) is 0. The largest absolute Gasteiger partial charge is 0.449 e. The summed E-state index contributed by atoms with van der Waals surface area (Å²) in [4.78, 5) is 12.1. The van der Waals surface area contributed by atoms with Gasteiger partial charge in [0.05, 0.1) is 0 Å². The van der Waals surface area contributed by atoms with Crippen molar-refractivity contribution in [3.63, 3.8) is 0 Å². The molecule has 0 atom stereocenters. The fourth-order valence-electron chi connectivity index (χ4n) is 3.67. The molecule has 5 heteroatoms. The maximum atomic E-state index is 12.1. The van der Waals surface area contributed by atoms with Crippen LogP contribution in [0.1, 0.15) is 29.0 Å². The monoisotopic (exact) mass is 416 g/mol. The summed E-state index contributed by atoms with van der Waals surface area (Å²) >= 11 is 5.95. The van der Waals surface area contributed by atoms with E-state index in [9.17, 15) is 4.79 Å². The number of carbonyl (C=O) groups is 1. The summed E-state index contributed by atoms with van der Waals surface area (Å²) in [6.45, 7) is 0.689. The minimum Gasteiger partial charge on any atom is -0.449 e. The van der Waals surface area contributed by atoms with Crippen molar-refractivity contribution in [2.75, 3.05) is 18.9 Å². The lowest BCUT2D eigenvalue weighted by molar-refractivity contribution is 0.143. The third kappa shape index (κ3) is 4.27. The first-order valence-electron chi connectivity index (χ1n) is 9.76. The number of rotatable bonds is 4. The molecule has 0 fully saturated rings. The molecule has 0 spiro atoms. The maximum absolute atomic E-state index is 12.1. The van der Waals surface area contributed by atoms with Gasteiger partial charge in [0.1, 0.15) is 6.61 Å². The van der Waals surface area contributed by atoms with Crippen molar-refractivity contribution in [3.8, 4) is 23.0 Å². The molecule has 1 aliphatic carbocycles. The third-order valence-corrected chi connectivity index (χ3v) is 5.34. The van der Waals surface area contributed by atoms with Crippen LogP contribution in [-0.4, -0.2) is 19.2 Å². The molecule has 0 aliphatic heterocycles. The van der Waals surface area contributed by atoms with Crippen LogP contribution in [0, 0.1) is 11.8 Å². The van der Waals surface area contributed by atoms with Gasteiger partial charge < -0.3 is 15.8 Å². The van der Waals surface area contributed by atoms with Crippen molar-refractivity contribution < 1.29 is 9.53 Å². The highest BCUT2D eigenvalue weighted by Gasteiger charge is 2.28. The SMILES string of the molecule is Nc1ccc(Cl)cc1C#CCCNC(=O)OCC1c2ccccc2-c2ccccc21. The fourth-order valence-corrected chi connectivity index (χ4v) is 3.84. The molecule has 4 rings (SSSR count). The van der Waals surface area contributed by atoms with E-state index in [1.165, 1.54) is 22.3 Å². The van der Waals surface area contributed by atoms with E-state index in [-0.39, 0.29) is 5.92 Å². The van der Waals surface area contributed by atoms with Crippen LogP contribution in [0.2, 0.25) is 5.02 Å². The Hall–Kier alpha value is -3.42. The van der Waals surface area contributed by atoms with Gasteiger partial charge in [-0.1, -0.05) is 72.0 Å². The Morgan fingerprint density at radius 2 is 1.70 bits per heavy atom. The lowest BCUT2D eigenvalue weighted by Crippen LogP contribution is -2.26. The molecule has 0 saturated carbocycles. The second kappa shape index (κ2) is 8.94. The minimum absolute atomic E-state index is 0.0498. The zero-order valence-electron chi connectivity index (χ0n) is 16.3. The Morgan fingerprint density at radius 3 is 2.40 bits per heavy atom. The van der Waals surface area contributed by atoms with Crippen molar-refractivity contribution in [2.24, 2.45) is 0 Å². The minimum atomic E-state index is -0.444. The number of alkyl carbamates (subject to hydrolysis) is 1. The molecule has 1 amide bonds. The zero-order chi connectivity index (χ0) is 20.9. The van der Waals surface area contributed by atoms with Crippen LogP contribution >= 0.6 is 11.6 Å². The first-order chi connectivity index (χ1) is 14.6. The lowest BCUT2D eigenvalue weighted by atomic mass is 9.98. The van der Waals surface area contributed by atoms with E-state index in [4.69, 9.17) is 22.1 Å². The highest BCUT2D eigenvalue weighted by atomic mass is 35.5. The Balaban J connectivity index is 1.30. The number of benzene rings is 3. The number of nitrogens with one attached hydrogen (secondary N) is 1. The van der Waals surface area contributed by atoms with Crippen LogP contribution in [0.5, 0.6) is 0 Å². The van der Waals surface area contributed by atoms with E-state index in [1.807, 2.05) is 24.3 Å². The van der Waals surface area contributed by atoms with Gasteiger partial charge in [-0.3, -0.25) is 0 Å². The summed E-state index contributed by atoms with van der Waals surface area (Å²) in [5.74, 6) is 6.01. The molecule has 3 aromatic carbocycles. The van der Waals surface area contributed by atoms with Gasteiger partial charge in [0.25, 0.3) is 0 Å². The molecule has 3 aromatic rings. The van der Waals surface area contributed by atoms with Crippen LogP contribution in [0.3, 0.4) is 0 Å². The number of fused-ring (bicyclic) bond motifs is 3. The second-order valence-corrected chi connectivity index (χ2v) is 7.47. The number of hydrogen-bond donors (Lipinski definition) is 2. The van der Waals surface area contributed by atoms with Gasteiger partial charge in [0.15, 0.2) is 0 Å². The van der Waals surface area contributed by atoms with E-state index >= 15 is 0 Å². The van der Waals surface area contributed by atoms with Gasteiger partial charge in [-0.05, 0) is 40.5 Å². The molecule has 150 valence electrons. The Kier molecular flexibility index (Phi) is 5.92. The molecule has 0 bridgehead atoms. The van der Waals surface area contributed by atoms with Crippen LogP contribution in [0.4, 0.5) is 10.5 Å². The Labute approximate surface area is 181 Å². The number of halogens is 1. The van der Waals surface area contributed by atoms with Crippen molar-refractivity contribution in [1.82, 2.24) is 5.32 Å². The number of carbonyl (C=O) groups excluding carboxylic acids is 1. The predicted molar refractivity (Wildman–Crippen MR) is 120 cm³/mol. The molecule has 0 radical (unpaired) electrons. The molecule has 0 saturated heterocycles. The number of ether oxygens (including phenoxy) is 1. The van der Waals surface area contributed by atoms with Gasteiger partial charge in [-0.2, -0.15) is 0 Å². The smallest absolute Gasteiger partial charge is 0.407 e. The average Bonchev–Trinajstić information content (AvgIpc) is 3.08. The Morgan fingerprint density at radius 1 is 1.03 bits per heavy atom. The van der Waals surface area contributed by atoms with Gasteiger partial charge in [0.2, 0.25) is 0 Å². The van der Waals surface area contributed by atoms with Crippen molar-refractivity contribution in [3.05, 3.63) is 88.4 Å². The third-order valence-electron chi connectivity index (χ3n) is 5.10. The first-order valence-corrected chi connectivity index (χ1v) is 10.1. The summed E-state index contributed by atoms with van der Waals surface area (Å²) < 4.78 is 5.50. The molecule has 0 unspecified atom stereocenters. The highest BCUT2D eigenvalue weighted by Crippen LogP contribution is 2.44. The topological polar surface area (TPSA) is 64.3 Å². The van der Waals surface area contributed by atoms with Gasteiger partial charge in [-0.15, -0.1) is 0 Å². The number of anilines is 1. The van der Waals surface area contributed by atoms with E-state index in [0.29, 0.717) is 35.8 Å². The molecular weight excluding hydrogens is 396 g/mol. The van der Waals surface area contributed by atoms with E-state index in [0.717, 1.165) is 0 Å². The summed E-state index contributed by atoms with van der Waals surface area (Å²) in [5.41, 5.74) is 11.9. The fraction of sp³-hybridized carbons (Fsp3) is 0.160. The van der Waals surface area contributed by atoms with Crippen molar-refractivity contribution in [1.29, 1.82) is 0 Å². The van der Waals surface area contributed by atoms with Crippen LogP contribution in [0.25, 0.3) is 11.1 Å². The van der Waals surface area contributed by atoms with E-state index in [1.54, 1.807) is 18.2 Å². The maximum Gasteiger partial charge on any atom is 0.407 e. The molecule has 30 heavy (non-hydrogen) atoms. The van der Waals surface area contributed by atoms with E-state index in [2.05, 4.69) is 41.4 Å². The second-order valence-electron chi connectivity index (χ2n) is 7.04. The average molecular weight is 417 g/mol. The van der Waals surface area contributed by atoms with Gasteiger partial charge in [0, 0.05) is 35.2 Å². The van der Waals surface area contributed by atoms with Crippen molar-refractivity contribution in [2.45, 2.75) is 12.3 Å². The molecule has 3 N–H and O–H groups in total. The van der Waals surface area contributed by atoms with Crippen LogP contribution in [0.15, 0.2) is 66.7 Å². The summed E-state index contributed by atoms with van der Waals surface area (Å²) in [6, 6.07) is 21.7. The number of hydrogen-bond acceptors (Lipinski definition) is 3. The Bertz CT molecular complexity index is 1100. The number of amides is 1. The summed E-state index contributed by atoms with van der Waals surface area (Å²) in [5, 5.41) is 3.33. The van der Waals surface area contributed by atoms with Crippen LogP contribution < -0.4 is 11.1 Å². The standard InChI is InChI=1S/C25H21ClN2O2/c26-18-12-13-24(27)17(15-18)7-5-6-14-28-25(29)30-16-23-21-10-3-1-8-19(21)20-9-2-4-11-22(20)23/h1-4,8-13,15,23H,6,14,16,27H2,(H,28,29). The van der Waals surface area contributed by atoms with Gasteiger partial charge in [-0.25, -0.2) is 4.79 Å². The molecule has 0 aromatic heterocycles. The number of nitrogens with two attached hydrogens (primary N) is 1. The van der Waals surface area contributed by atoms with Gasteiger partial charge >= 0.3 is 6.09 Å². The van der Waals surface area contributed by atoms with Crippen LogP contribution in [-0.2, 0) is 4.74 Å². The molecule has 1 aliphatic rings. The number of nitrogen functional groups attached to an aromatic ring is 1. The van der Waals surface area contributed by atoms with E-state index < -0.39 is 6.09 Å². The molecule has 4 nitrogen and oxygen atoms in total. The lowest BCUT2D eigenvalue weighted by Gasteiger charge is -2.14. The zero-order valence-corrected chi connectivity index (χ0v) is 17.1.